The second-order valence-corrected chi connectivity index (χ2v) is 6.30. The summed E-state index contributed by atoms with van der Waals surface area (Å²) in [7, 11) is 0. The quantitative estimate of drug-likeness (QED) is 0.852. The summed E-state index contributed by atoms with van der Waals surface area (Å²) in [5.41, 5.74) is 7.45. The maximum absolute atomic E-state index is 12.2. The van der Waals surface area contributed by atoms with Crippen molar-refractivity contribution in [2.75, 3.05) is 11.1 Å². The summed E-state index contributed by atoms with van der Waals surface area (Å²) in [6, 6.07) is 7.53. The fourth-order valence-electron chi connectivity index (χ4n) is 2.65. The van der Waals surface area contributed by atoms with Gasteiger partial charge in [-0.15, -0.1) is 10.2 Å². The first-order valence-electron chi connectivity index (χ1n) is 7.23. The first-order chi connectivity index (χ1) is 10.2. The van der Waals surface area contributed by atoms with Crippen molar-refractivity contribution < 1.29 is 4.79 Å². The minimum Gasteiger partial charge on any atom is -0.398 e. The third-order valence-electron chi connectivity index (χ3n) is 3.82. The molecule has 1 saturated carbocycles. The number of aromatic nitrogens is 2. The first kappa shape index (κ1) is 14.0. The molecule has 0 unspecified atom stereocenters. The van der Waals surface area contributed by atoms with Crippen molar-refractivity contribution in [3.63, 3.8) is 0 Å². The van der Waals surface area contributed by atoms with Gasteiger partial charge in [-0.25, -0.2) is 0 Å². The maximum Gasteiger partial charge on any atom is 0.229 e. The average molecular weight is 302 g/mol. The number of amides is 1. The highest BCUT2D eigenvalue weighted by molar-refractivity contribution is 7.18. The molecule has 2 aromatic rings. The number of nitrogens with two attached hydrogens (primary N) is 1. The molecule has 0 bridgehead atoms. The van der Waals surface area contributed by atoms with E-state index in [1.165, 1.54) is 17.8 Å². The number of hydrogen-bond donors (Lipinski definition) is 2. The molecular weight excluding hydrogens is 284 g/mol. The summed E-state index contributed by atoms with van der Waals surface area (Å²) >= 11 is 1.36. The summed E-state index contributed by atoms with van der Waals surface area (Å²) in [6.07, 6.45) is 5.46. The standard InChI is InChI=1S/C15H18N4OS/c16-12-9-5-4-8-11(12)14-18-19-15(21-14)17-13(20)10-6-2-1-3-7-10/h4-5,8-10H,1-3,6-7,16H2,(H,17,19,20). The Morgan fingerprint density at radius 1 is 1.19 bits per heavy atom. The molecule has 3 rings (SSSR count). The molecule has 1 aromatic carbocycles. The Morgan fingerprint density at radius 3 is 2.71 bits per heavy atom. The van der Waals surface area contributed by atoms with Crippen molar-refractivity contribution in [1.82, 2.24) is 10.2 Å². The molecule has 6 heteroatoms. The van der Waals surface area contributed by atoms with E-state index in [0.717, 1.165) is 36.3 Å². The van der Waals surface area contributed by atoms with Gasteiger partial charge < -0.3 is 11.1 Å². The summed E-state index contributed by atoms with van der Waals surface area (Å²) in [5.74, 6) is 0.186. The van der Waals surface area contributed by atoms with Crippen molar-refractivity contribution in [3.8, 4) is 10.6 Å². The van der Waals surface area contributed by atoms with Crippen LogP contribution in [0.4, 0.5) is 10.8 Å². The van der Waals surface area contributed by atoms with Crippen molar-refractivity contribution in [3.05, 3.63) is 24.3 Å². The summed E-state index contributed by atoms with van der Waals surface area (Å²) in [4.78, 5) is 12.2. The van der Waals surface area contributed by atoms with E-state index in [1.54, 1.807) is 0 Å². The van der Waals surface area contributed by atoms with Gasteiger partial charge in [-0.05, 0) is 25.0 Å². The average Bonchev–Trinajstić information content (AvgIpc) is 2.97. The Balaban J connectivity index is 1.70. The number of rotatable bonds is 3. The van der Waals surface area contributed by atoms with Crippen molar-refractivity contribution in [2.45, 2.75) is 32.1 Å². The molecule has 21 heavy (non-hydrogen) atoms. The second-order valence-electron chi connectivity index (χ2n) is 5.32. The monoisotopic (exact) mass is 302 g/mol. The number of nitrogen functional groups attached to an aromatic ring is 1. The Kier molecular flexibility index (Phi) is 4.15. The Bertz CT molecular complexity index is 634. The number of carbonyl (C=O) groups excluding carboxylic acids is 1. The zero-order valence-electron chi connectivity index (χ0n) is 11.7. The van der Waals surface area contributed by atoms with Crippen LogP contribution in [0.25, 0.3) is 10.6 Å². The normalized spacial score (nSPS) is 15.8. The predicted molar refractivity (Wildman–Crippen MR) is 85.0 cm³/mol. The number of nitrogens with zero attached hydrogens (tertiary/aromatic N) is 2. The number of carbonyl (C=O) groups is 1. The fraction of sp³-hybridized carbons (Fsp3) is 0.400. The molecule has 1 aliphatic carbocycles. The molecule has 110 valence electrons. The molecule has 0 saturated heterocycles. The van der Waals surface area contributed by atoms with Crippen molar-refractivity contribution >= 4 is 28.1 Å². The highest BCUT2D eigenvalue weighted by Crippen LogP contribution is 2.31. The van der Waals surface area contributed by atoms with Gasteiger partial charge >= 0.3 is 0 Å². The number of hydrogen-bond acceptors (Lipinski definition) is 5. The Labute approximate surface area is 127 Å². The molecular formula is C15H18N4OS. The molecule has 5 nitrogen and oxygen atoms in total. The van der Waals surface area contributed by atoms with Gasteiger partial charge in [-0.1, -0.05) is 42.7 Å². The largest absolute Gasteiger partial charge is 0.398 e. The van der Waals surface area contributed by atoms with Crippen LogP contribution in [0.1, 0.15) is 32.1 Å². The topological polar surface area (TPSA) is 80.9 Å². The summed E-state index contributed by atoms with van der Waals surface area (Å²) in [5, 5.41) is 12.3. The van der Waals surface area contributed by atoms with Crippen molar-refractivity contribution in [2.24, 2.45) is 5.92 Å². The number of nitrogens with one attached hydrogen (secondary N) is 1. The SMILES string of the molecule is Nc1ccccc1-c1nnc(NC(=O)C2CCCCC2)s1. The molecule has 0 spiro atoms. The number of benzene rings is 1. The zero-order valence-corrected chi connectivity index (χ0v) is 12.5. The van der Waals surface area contributed by atoms with Gasteiger partial charge in [0, 0.05) is 17.2 Å². The van der Waals surface area contributed by atoms with Crippen LogP contribution >= 0.6 is 11.3 Å². The lowest BCUT2D eigenvalue weighted by atomic mass is 9.89. The Hall–Kier alpha value is -1.95. The van der Waals surface area contributed by atoms with Crippen LogP contribution < -0.4 is 11.1 Å². The van der Waals surface area contributed by atoms with Gasteiger partial charge in [0.1, 0.15) is 0 Å². The lowest BCUT2D eigenvalue weighted by Crippen LogP contribution is -2.24. The molecule has 1 fully saturated rings. The smallest absolute Gasteiger partial charge is 0.229 e. The zero-order chi connectivity index (χ0) is 14.7. The van der Waals surface area contributed by atoms with Gasteiger partial charge in [0.05, 0.1) is 0 Å². The van der Waals surface area contributed by atoms with Gasteiger partial charge in [-0.3, -0.25) is 4.79 Å². The van der Waals surface area contributed by atoms with Crippen LogP contribution in [0.5, 0.6) is 0 Å². The highest BCUT2D eigenvalue weighted by Gasteiger charge is 2.22. The third kappa shape index (κ3) is 3.21. The van der Waals surface area contributed by atoms with E-state index in [-0.39, 0.29) is 11.8 Å². The van der Waals surface area contributed by atoms with Gasteiger partial charge in [0.2, 0.25) is 11.0 Å². The summed E-state index contributed by atoms with van der Waals surface area (Å²) in [6.45, 7) is 0. The number of para-hydroxylation sites is 1. The van der Waals surface area contributed by atoms with E-state index in [2.05, 4.69) is 15.5 Å². The van der Waals surface area contributed by atoms with Crippen LogP contribution in [0.3, 0.4) is 0 Å². The van der Waals surface area contributed by atoms with Gasteiger partial charge in [0.25, 0.3) is 0 Å². The predicted octanol–water partition coefficient (Wildman–Crippen LogP) is 3.31. The third-order valence-corrected chi connectivity index (χ3v) is 4.69. The minimum atomic E-state index is 0.0680. The van der Waals surface area contributed by atoms with E-state index in [1.807, 2.05) is 24.3 Å². The van der Waals surface area contributed by atoms with Crippen LogP contribution in [-0.4, -0.2) is 16.1 Å². The number of anilines is 2. The van der Waals surface area contributed by atoms with E-state index in [4.69, 9.17) is 5.73 Å². The van der Waals surface area contributed by atoms with Gasteiger partial charge in [0.15, 0.2) is 5.01 Å². The molecule has 0 atom stereocenters. The maximum atomic E-state index is 12.2. The van der Waals surface area contributed by atoms with Crippen LogP contribution in [0, 0.1) is 5.92 Å². The van der Waals surface area contributed by atoms with E-state index >= 15 is 0 Å². The van der Waals surface area contributed by atoms with Crippen LogP contribution in [0.2, 0.25) is 0 Å². The van der Waals surface area contributed by atoms with E-state index < -0.39 is 0 Å². The lowest BCUT2D eigenvalue weighted by molar-refractivity contribution is -0.120. The molecule has 3 N–H and O–H groups in total. The first-order valence-corrected chi connectivity index (χ1v) is 8.05. The molecule has 1 aromatic heterocycles. The molecule has 1 aliphatic rings. The van der Waals surface area contributed by atoms with E-state index in [9.17, 15) is 4.79 Å². The summed E-state index contributed by atoms with van der Waals surface area (Å²) < 4.78 is 0. The lowest BCUT2D eigenvalue weighted by Gasteiger charge is -2.19. The van der Waals surface area contributed by atoms with Crippen molar-refractivity contribution in [1.29, 1.82) is 0 Å². The van der Waals surface area contributed by atoms with Crippen LogP contribution in [-0.2, 0) is 4.79 Å². The van der Waals surface area contributed by atoms with Crippen LogP contribution in [0.15, 0.2) is 24.3 Å². The fourth-order valence-corrected chi connectivity index (χ4v) is 3.44. The molecule has 1 heterocycles. The second kappa shape index (κ2) is 6.22. The van der Waals surface area contributed by atoms with Gasteiger partial charge in [-0.2, -0.15) is 0 Å². The molecule has 0 aliphatic heterocycles. The molecule has 0 radical (unpaired) electrons. The van der Waals surface area contributed by atoms with E-state index in [0.29, 0.717) is 10.8 Å². The highest BCUT2D eigenvalue weighted by atomic mass is 32.1. The Morgan fingerprint density at radius 2 is 1.95 bits per heavy atom. The minimum absolute atomic E-state index is 0.0680. The molecule has 1 amide bonds.